The van der Waals surface area contributed by atoms with Crippen molar-refractivity contribution in [2.45, 2.75) is 11.2 Å². The molecule has 6 heteroatoms. The Kier molecular flexibility index (Phi) is 3.57. The predicted octanol–water partition coefficient (Wildman–Crippen LogP) is 0.897. The van der Waals surface area contributed by atoms with Crippen LogP contribution in [0, 0.1) is 5.41 Å². The van der Waals surface area contributed by atoms with Crippen LogP contribution >= 0.6 is 15.9 Å². The topological polar surface area (TPSA) is 80.4 Å². The second kappa shape index (κ2) is 4.59. The van der Waals surface area contributed by atoms with E-state index in [4.69, 9.17) is 5.73 Å². The van der Waals surface area contributed by atoms with E-state index in [0.29, 0.717) is 0 Å². The summed E-state index contributed by atoms with van der Waals surface area (Å²) >= 11 is 3.34. The van der Waals surface area contributed by atoms with E-state index in [2.05, 4.69) is 15.9 Å². The Morgan fingerprint density at radius 3 is 2.28 bits per heavy atom. The zero-order valence-corrected chi connectivity index (χ0v) is 12.4. The fourth-order valence-electron chi connectivity index (χ4n) is 2.80. The highest BCUT2D eigenvalue weighted by atomic mass is 79.9. The molecular formula is C12H16BrNO3S. The van der Waals surface area contributed by atoms with Crippen molar-refractivity contribution in [2.75, 3.05) is 19.4 Å². The Morgan fingerprint density at radius 2 is 1.94 bits per heavy atom. The smallest absolute Gasteiger partial charge is 0.151 e. The van der Waals surface area contributed by atoms with Crippen LogP contribution in [0.2, 0.25) is 0 Å². The maximum Gasteiger partial charge on any atom is 0.151 e. The summed E-state index contributed by atoms with van der Waals surface area (Å²) in [5.41, 5.74) is 5.88. The molecule has 0 unspecified atom stereocenters. The number of hydrogen-bond acceptors (Lipinski definition) is 4. The van der Waals surface area contributed by atoms with Gasteiger partial charge in [-0.1, -0.05) is 28.1 Å². The van der Waals surface area contributed by atoms with E-state index in [-0.39, 0.29) is 19.1 Å². The minimum Gasteiger partial charge on any atom is -0.396 e. The van der Waals surface area contributed by atoms with Gasteiger partial charge in [0.05, 0.1) is 11.9 Å². The second-order valence-corrected chi connectivity index (χ2v) is 7.96. The first-order valence-corrected chi connectivity index (χ1v) is 8.37. The van der Waals surface area contributed by atoms with Gasteiger partial charge in [0, 0.05) is 28.6 Å². The van der Waals surface area contributed by atoms with Crippen molar-refractivity contribution in [3.8, 4) is 0 Å². The summed E-state index contributed by atoms with van der Waals surface area (Å²) in [6.07, 6.45) is 1.20. The van der Waals surface area contributed by atoms with Gasteiger partial charge < -0.3 is 10.8 Å². The van der Waals surface area contributed by atoms with Crippen LogP contribution in [0.3, 0.4) is 0 Å². The van der Waals surface area contributed by atoms with Gasteiger partial charge in [-0.15, -0.1) is 0 Å². The molecule has 3 N–H and O–H groups in total. The number of nitrogens with two attached hydrogens (primary N) is 1. The summed E-state index contributed by atoms with van der Waals surface area (Å²) < 4.78 is 24.5. The zero-order valence-electron chi connectivity index (χ0n) is 10.0. The third-order valence-corrected chi connectivity index (χ3v) is 5.94. The van der Waals surface area contributed by atoms with E-state index >= 15 is 0 Å². The molecule has 1 saturated carbocycles. The van der Waals surface area contributed by atoms with Gasteiger partial charge in [0.2, 0.25) is 0 Å². The van der Waals surface area contributed by atoms with Crippen molar-refractivity contribution in [3.05, 3.63) is 34.3 Å². The lowest BCUT2D eigenvalue weighted by molar-refractivity contribution is 0.212. The molecule has 0 radical (unpaired) electrons. The van der Waals surface area contributed by atoms with E-state index in [1.807, 2.05) is 24.3 Å². The Labute approximate surface area is 115 Å². The van der Waals surface area contributed by atoms with E-state index in [1.165, 1.54) is 6.26 Å². The van der Waals surface area contributed by atoms with Gasteiger partial charge in [0.15, 0.2) is 9.84 Å². The van der Waals surface area contributed by atoms with E-state index < -0.39 is 20.5 Å². The first kappa shape index (κ1) is 14.0. The highest BCUT2D eigenvalue weighted by Crippen LogP contribution is 2.61. The minimum absolute atomic E-state index is 0.169. The highest BCUT2D eigenvalue weighted by molar-refractivity contribution is 9.10. The van der Waals surface area contributed by atoms with Crippen LogP contribution in [0.1, 0.15) is 11.5 Å². The number of benzene rings is 1. The molecule has 1 fully saturated rings. The monoisotopic (exact) mass is 333 g/mol. The van der Waals surface area contributed by atoms with Crippen molar-refractivity contribution in [2.24, 2.45) is 11.1 Å². The Balaban J connectivity index is 2.41. The quantitative estimate of drug-likeness (QED) is 0.857. The first-order chi connectivity index (χ1) is 8.36. The van der Waals surface area contributed by atoms with Crippen LogP contribution in [0.25, 0.3) is 0 Å². The van der Waals surface area contributed by atoms with Crippen molar-refractivity contribution in [1.82, 2.24) is 0 Å². The molecule has 0 aromatic heterocycles. The molecule has 2 rings (SSSR count). The maximum atomic E-state index is 11.8. The minimum atomic E-state index is -3.22. The third-order valence-electron chi connectivity index (χ3n) is 3.74. The highest BCUT2D eigenvalue weighted by Gasteiger charge is 2.68. The molecule has 0 aliphatic heterocycles. The van der Waals surface area contributed by atoms with Gasteiger partial charge >= 0.3 is 0 Å². The fraction of sp³-hybridized carbons (Fsp3) is 0.500. The molecule has 0 heterocycles. The number of sulfone groups is 1. The van der Waals surface area contributed by atoms with Gasteiger partial charge in [0.1, 0.15) is 0 Å². The average Bonchev–Trinajstić information content (AvgIpc) is 3.00. The lowest BCUT2D eigenvalue weighted by Crippen LogP contribution is -2.27. The molecule has 3 atom stereocenters. The molecule has 100 valence electrons. The number of halogens is 1. The van der Waals surface area contributed by atoms with E-state index in [9.17, 15) is 13.5 Å². The summed E-state index contributed by atoms with van der Waals surface area (Å²) in [7, 11) is -3.22. The van der Waals surface area contributed by atoms with Crippen molar-refractivity contribution >= 4 is 25.8 Å². The third kappa shape index (κ3) is 2.11. The zero-order chi connectivity index (χ0) is 13.6. The van der Waals surface area contributed by atoms with Gasteiger partial charge in [0.25, 0.3) is 0 Å². The van der Waals surface area contributed by atoms with Gasteiger partial charge in [-0.25, -0.2) is 8.42 Å². The molecule has 18 heavy (non-hydrogen) atoms. The molecule has 0 saturated heterocycles. The number of hydrogen-bond donors (Lipinski definition) is 2. The molecular weight excluding hydrogens is 318 g/mol. The molecule has 0 spiro atoms. The van der Waals surface area contributed by atoms with Crippen LogP contribution in [0.5, 0.6) is 0 Å². The van der Waals surface area contributed by atoms with Crippen LogP contribution in [-0.4, -0.2) is 38.2 Å². The predicted molar refractivity (Wildman–Crippen MR) is 74.1 cm³/mol. The summed E-state index contributed by atoms with van der Waals surface area (Å²) in [4.78, 5) is 0. The molecule has 0 bridgehead atoms. The second-order valence-electron chi connectivity index (χ2n) is 4.87. The summed E-state index contributed by atoms with van der Waals surface area (Å²) in [6.45, 7) is -0.0378. The maximum absolute atomic E-state index is 11.8. The van der Waals surface area contributed by atoms with Gasteiger partial charge in [-0.05, 0) is 17.7 Å². The lowest BCUT2D eigenvalue weighted by atomic mass is 10.0. The Bertz CT molecular complexity index is 537. The molecule has 1 aliphatic carbocycles. The summed E-state index contributed by atoms with van der Waals surface area (Å²) in [6, 6.07) is 7.48. The summed E-state index contributed by atoms with van der Waals surface area (Å²) in [5.74, 6) is -0.212. The van der Waals surface area contributed by atoms with Crippen molar-refractivity contribution in [3.63, 3.8) is 0 Å². The molecule has 0 amide bonds. The molecule has 4 nitrogen and oxygen atoms in total. The molecule has 1 aromatic carbocycles. The SMILES string of the molecule is CS(=O)(=O)[C@H]1[C@@H](c2ccc(Br)cc2)[C@@]1(CN)CO. The Morgan fingerprint density at radius 1 is 1.39 bits per heavy atom. The Hall–Kier alpha value is -0.430. The van der Waals surface area contributed by atoms with Gasteiger partial charge in [-0.3, -0.25) is 0 Å². The molecule has 1 aromatic rings. The van der Waals surface area contributed by atoms with Crippen LogP contribution in [0.15, 0.2) is 28.7 Å². The normalized spacial score (nSPS) is 31.3. The van der Waals surface area contributed by atoms with Crippen molar-refractivity contribution < 1.29 is 13.5 Å². The number of aliphatic hydroxyl groups is 1. The fourth-order valence-corrected chi connectivity index (χ4v) is 5.08. The summed E-state index contributed by atoms with van der Waals surface area (Å²) in [5, 5.41) is 8.94. The first-order valence-electron chi connectivity index (χ1n) is 5.62. The standard InChI is InChI=1S/C12H16BrNO3S/c1-18(16,17)11-10(12(11,6-14)7-15)8-2-4-9(13)5-3-8/h2-5,10-11,15H,6-7,14H2,1H3/t10-,11+,12-/m1/s1. The largest absolute Gasteiger partial charge is 0.396 e. The lowest BCUT2D eigenvalue weighted by Gasteiger charge is -2.11. The molecule has 1 aliphatic rings. The van der Waals surface area contributed by atoms with Crippen LogP contribution in [-0.2, 0) is 9.84 Å². The van der Waals surface area contributed by atoms with Crippen molar-refractivity contribution in [1.29, 1.82) is 0 Å². The number of rotatable bonds is 4. The van der Waals surface area contributed by atoms with Crippen LogP contribution in [0.4, 0.5) is 0 Å². The van der Waals surface area contributed by atoms with Gasteiger partial charge in [-0.2, -0.15) is 0 Å². The van der Waals surface area contributed by atoms with Crippen LogP contribution < -0.4 is 5.73 Å². The van der Waals surface area contributed by atoms with E-state index in [1.54, 1.807) is 0 Å². The average molecular weight is 334 g/mol. The van der Waals surface area contributed by atoms with E-state index in [0.717, 1.165) is 10.0 Å². The number of aliphatic hydroxyl groups excluding tert-OH is 1.